The van der Waals surface area contributed by atoms with Crippen LogP contribution < -0.4 is 10.6 Å². The lowest BCUT2D eigenvalue weighted by molar-refractivity contribution is -0.149. The van der Waals surface area contributed by atoms with Gasteiger partial charge in [0.15, 0.2) is 6.04 Å². The Morgan fingerprint density at radius 3 is 1.88 bits per heavy atom. The van der Waals surface area contributed by atoms with Gasteiger partial charge in [-0.2, -0.15) is 0 Å². The molecular weight excluding hydrogens is 634 g/mol. The molecule has 0 unspecified atom stereocenters. The predicted molar refractivity (Wildman–Crippen MR) is 186 cm³/mol. The van der Waals surface area contributed by atoms with E-state index in [0.717, 1.165) is 0 Å². The van der Waals surface area contributed by atoms with Gasteiger partial charge in [-0.3, -0.25) is 24.1 Å². The van der Waals surface area contributed by atoms with Crippen molar-refractivity contribution in [1.82, 2.24) is 25.3 Å². The number of rotatable bonds is 20. The number of hydrogen-bond acceptors (Lipinski definition) is 9. The van der Waals surface area contributed by atoms with E-state index in [2.05, 4.69) is 10.6 Å². The Morgan fingerprint density at radius 2 is 1.45 bits per heavy atom. The molecule has 14 nitrogen and oxygen atoms in total. The Bertz CT molecular complexity index is 1090. The molecule has 284 valence electrons. The van der Waals surface area contributed by atoms with Crippen molar-refractivity contribution in [3.63, 3.8) is 0 Å². The van der Waals surface area contributed by atoms with Gasteiger partial charge >= 0.3 is 5.97 Å². The molecule has 4 amide bonds. The lowest BCUT2D eigenvalue weighted by Crippen LogP contribution is -2.59. The summed E-state index contributed by atoms with van der Waals surface area (Å²) in [6, 6.07) is -3.63. The van der Waals surface area contributed by atoms with Gasteiger partial charge in [-0.15, -0.1) is 0 Å². The topological polar surface area (TPSA) is 178 Å². The molecule has 1 saturated heterocycles. The van der Waals surface area contributed by atoms with Crippen molar-refractivity contribution in [2.24, 2.45) is 23.7 Å². The number of amides is 4. The largest absolute Gasteiger partial charge is 0.480 e. The zero-order chi connectivity index (χ0) is 37.9. The van der Waals surface area contributed by atoms with E-state index in [1.807, 2.05) is 60.5 Å². The second-order valence-electron chi connectivity index (χ2n) is 14.5. The Kier molecular flexibility index (Phi) is 18.2. The minimum atomic E-state index is -1.48. The number of aliphatic hydroxyl groups is 1. The summed E-state index contributed by atoms with van der Waals surface area (Å²) in [5.41, 5.74) is 0. The Hall–Kier alpha value is -2.81. The highest BCUT2D eigenvalue weighted by molar-refractivity contribution is 5.90. The third kappa shape index (κ3) is 11.6. The van der Waals surface area contributed by atoms with E-state index >= 15 is 0 Å². The first-order valence-corrected chi connectivity index (χ1v) is 17.6. The van der Waals surface area contributed by atoms with Crippen LogP contribution in [0.1, 0.15) is 81.1 Å². The maximum atomic E-state index is 14.1. The van der Waals surface area contributed by atoms with E-state index in [4.69, 9.17) is 9.47 Å². The molecule has 49 heavy (non-hydrogen) atoms. The van der Waals surface area contributed by atoms with Crippen molar-refractivity contribution in [3.05, 3.63) is 0 Å². The van der Waals surface area contributed by atoms with Crippen LogP contribution >= 0.6 is 0 Å². The number of hydrogen-bond donors (Lipinski definition) is 4. The monoisotopic (exact) mass is 699 g/mol. The molecule has 1 aliphatic rings. The van der Waals surface area contributed by atoms with Crippen LogP contribution in [0.25, 0.3) is 0 Å². The molecule has 1 aliphatic heterocycles. The van der Waals surface area contributed by atoms with Gasteiger partial charge in [0.1, 0.15) is 6.04 Å². The number of nitrogens with zero attached hydrogens (tertiary/aromatic N) is 3. The molecule has 14 heteroatoms. The summed E-state index contributed by atoms with van der Waals surface area (Å²) in [6.07, 6.45) is -0.787. The summed E-state index contributed by atoms with van der Waals surface area (Å²) in [4.78, 5) is 71.3. The van der Waals surface area contributed by atoms with Crippen LogP contribution in [0, 0.1) is 23.7 Å². The molecule has 1 heterocycles. The summed E-state index contributed by atoms with van der Waals surface area (Å²) in [6.45, 7) is 15.0. The fraction of sp³-hybridized carbons (Fsp3) is 0.857. The number of carboxylic acids is 1. The number of carboxylic acid groups (broad SMARTS) is 1. The Morgan fingerprint density at radius 1 is 0.878 bits per heavy atom. The van der Waals surface area contributed by atoms with E-state index in [-0.39, 0.29) is 41.9 Å². The maximum Gasteiger partial charge on any atom is 0.328 e. The van der Waals surface area contributed by atoms with Gasteiger partial charge in [-0.1, -0.05) is 54.9 Å². The summed E-state index contributed by atoms with van der Waals surface area (Å²) < 4.78 is 11.7. The number of aliphatic carboxylic acids is 1. The van der Waals surface area contributed by atoms with Crippen LogP contribution in [0.5, 0.6) is 0 Å². The van der Waals surface area contributed by atoms with Crippen molar-refractivity contribution < 1.29 is 43.7 Å². The highest BCUT2D eigenvalue weighted by Gasteiger charge is 2.43. The molecular formula is C35H65N5O9. The lowest BCUT2D eigenvalue weighted by atomic mass is 9.89. The number of aliphatic hydroxyl groups excluding tert-OH is 1. The maximum absolute atomic E-state index is 14.1. The summed E-state index contributed by atoms with van der Waals surface area (Å²) in [7, 11) is 8.33. The molecule has 0 aliphatic carbocycles. The minimum absolute atomic E-state index is 0.0303. The highest BCUT2D eigenvalue weighted by Crippen LogP contribution is 2.29. The number of carbonyl (C=O) groups is 5. The van der Waals surface area contributed by atoms with Crippen molar-refractivity contribution in [3.8, 4) is 0 Å². The number of likely N-dealkylation sites (tertiary alicyclic amines) is 1. The zero-order valence-electron chi connectivity index (χ0n) is 32.1. The van der Waals surface area contributed by atoms with Gasteiger partial charge in [0, 0.05) is 27.8 Å². The first-order chi connectivity index (χ1) is 22.8. The van der Waals surface area contributed by atoms with Crippen LogP contribution in [0.15, 0.2) is 0 Å². The second kappa shape index (κ2) is 20.1. The molecule has 0 bridgehead atoms. The zero-order valence-corrected chi connectivity index (χ0v) is 32.1. The highest BCUT2D eigenvalue weighted by atomic mass is 16.5. The van der Waals surface area contributed by atoms with E-state index in [9.17, 15) is 34.2 Å². The van der Waals surface area contributed by atoms with Gasteiger partial charge in [0.2, 0.25) is 23.6 Å². The number of nitrogens with one attached hydrogen (secondary N) is 2. The standard InChI is InChI=1S/C35H65N5O9/c1-14-21(6)30(39(11)34(45)27(19(2)3)36-33(44)29(20(4)5)38(9)10)25(48-12)18-26(42)40-17-15-16-24(40)31(49-13)22(7)32(43)37-28(23(8)41)35(46)47/h19-25,27-31,41H,14-18H2,1-13H3,(H,36,44)(H,37,43)(H,46,47)/t21-,22+,23+,24-,25+,27-,28-,29-,30-,31+/m0/s1. The number of ether oxygens (including phenoxy) is 2. The smallest absolute Gasteiger partial charge is 0.328 e. The lowest BCUT2D eigenvalue weighted by Gasteiger charge is -2.41. The normalized spacial score (nSPS) is 20.6. The first kappa shape index (κ1) is 44.2. The number of methoxy groups -OCH3 is 2. The molecule has 0 spiro atoms. The molecule has 0 aromatic rings. The van der Waals surface area contributed by atoms with Crippen LogP contribution in [-0.2, 0) is 33.4 Å². The number of likely N-dealkylation sites (N-methyl/N-ethyl adjacent to an activating group) is 2. The van der Waals surface area contributed by atoms with E-state index in [1.54, 1.807) is 23.8 Å². The molecule has 1 rings (SSSR count). The molecule has 0 aromatic carbocycles. The fourth-order valence-corrected chi connectivity index (χ4v) is 7.08. The van der Waals surface area contributed by atoms with Crippen LogP contribution in [0.4, 0.5) is 0 Å². The third-order valence-electron chi connectivity index (χ3n) is 9.99. The van der Waals surface area contributed by atoms with E-state index in [0.29, 0.717) is 25.8 Å². The van der Waals surface area contributed by atoms with Crippen LogP contribution in [0.3, 0.4) is 0 Å². The molecule has 0 saturated carbocycles. The predicted octanol–water partition coefficient (Wildman–Crippen LogP) is 1.58. The summed E-state index contributed by atoms with van der Waals surface area (Å²) >= 11 is 0. The Labute approximate surface area is 293 Å². The number of carbonyl (C=O) groups excluding carboxylic acids is 4. The van der Waals surface area contributed by atoms with Crippen molar-refractivity contribution >= 4 is 29.6 Å². The first-order valence-electron chi connectivity index (χ1n) is 17.6. The molecule has 0 aromatic heterocycles. The van der Waals surface area contributed by atoms with Crippen molar-refractivity contribution in [2.45, 2.75) is 130 Å². The molecule has 1 fully saturated rings. The molecule has 4 N–H and O–H groups in total. The minimum Gasteiger partial charge on any atom is -0.480 e. The van der Waals surface area contributed by atoms with E-state index < -0.39 is 66.3 Å². The molecule has 10 atom stereocenters. The average molecular weight is 700 g/mol. The van der Waals surface area contributed by atoms with Gasteiger partial charge < -0.3 is 40.1 Å². The van der Waals surface area contributed by atoms with Gasteiger partial charge in [-0.05, 0) is 51.6 Å². The third-order valence-corrected chi connectivity index (χ3v) is 9.99. The van der Waals surface area contributed by atoms with Crippen LogP contribution in [-0.4, -0.2) is 145 Å². The summed E-state index contributed by atoms with van der Waals surface area (Å²) in [5.74, 6) is -3.72. The van der Waals surface area contributed by atoms with Gasteiger partial charge in [0.05, 0.1) is 48.8 Å². The molecule has 0 radical (unpaired) electrons. The van der Waals surface area contributed by atoms with E-state index in [1.165, 1.54) is 21.1 Å². The average Bonchev–Trinajstić information content (AvgIpc) is 3.50. The van der Waals surface area contributed by atoms with Gasteiger partial charge in [-0.25, -0.2) is 4.79 Å². The van der Waals surface area contributed by atoms with Crippen LogP contribution in [0.2, 0.25) is 0 Å². The van der Waals surface area contributed by atoms with Crippen molar-refractivity contribution in [2.75, 3.05) is 41.9 Å². The van der Waals surface area contributed by atoms with Gasteiger partial charge in [0.25, 0.3) is 0 Å². The van der Waals surface area contributed by atoms with Crippen molar-refractivity contribution in [1.29, 1.82) is 0 Å². The fourth-order valence-electron chi connectivity index (χ4n) is 7.08. The summed E-state index contributed by atoms with van der Waals surface area (Å²) in [5, 5.41) is 24.6. The quantitative estimate of drug-likeness (QED) is 0.146. The second-order valence-corrected chi connectivity index (χ2v) is 14.5. The SMILES string of the molecule is CC[C@H](C)[C@@H]([C@@H](CC(=O)N1CCC[C@H]1[C@H](OC)[C@@H](C)C(=O)N[C@H](C(=O)O)[C@@H](C)O)OC)N(C)C(=O)[C@@H](NC(=O)[C@H](C(C)C)N(C)C)C(C)C. The Balaban J connectivity index is 3.28.